The molecule has 2 aromatic carbocycles. The van der Waals surface area contributed by atoms with E-state index < -0.39 is 17.7 Å². The van der Waals surface area contributed by atoms with E-state index in [4.69, 9.17) is 4.74 Å². The zero-order valence-corrected chi connectivity index (χ0v) is 22.3. The smallest absolute Gasteiger partial charge is 0.295 e. The van der Waals surface area contributed by atoms with Gasteiger partial charge in [-0.2, -0.15) is 0 Å². The molecule has 1 amide bonds. The largest absolute Gasteiger partial charge is 0.507 e. The highest BCUT2D eigenvalue weighted by atomic mass is 16.5. The number of Topliss-reactive ketones (excluding diaryl/α,β-unsaturated/α-hetero) is 1. The second kappa shape index (κ2) is 12.7. The van der Waals surface area contributed by atoms with Crippen molar-refractivity contribution in [3.8, 4) is 5.75 Å². The third-order valence-electron chi connectivity index (χ3n) is 7.00. The van der Waals surface area contributed by atoms with Gasteiger partial charge in [0.05, 0.1) is 18.2 Å². The van der Waals surface area contributed by atoms with Crippen molar-refractivity contribution < 1.29 is 19.4 Å². The summed E-state index contributed by atoms with van der Waals surface area (Å²) < 4.78 is 5.85. The van der Waals surface area contributed by atoms with E-state index in [0.717, 1.165) is 49.2 Å². The topological polar surface area (TPSA) is 70.1 Å². The van der Waals surface area contributed by atoms with Crippen molar-refractivity contribution in [2.24, 2.45) is 0 Å². The molecule has 0 bridgehead atoms. The molecule has 1 saturated heterocycles. The third kappa shape index (κ3) is 5.98. The first kappa shape index (κ1) is 27.5. The van der Waals surface area contributed by atoms with E-state index in [1.165, 1.54) is 5.56 Å². The van der Waals surface area contributed by atoms with Crippen molar-refractivity contribution in [3.63, 3.8) is 0 Å². The molecular formula is C30H40N2O4. The molecule has 1 N–H and O–H groups in total. The Balaban J connectivity index is 2.04. The summed E-state index contributed by atoms with van der Waals surface area (Å²) in [5.41, 5.74) is 3.52. The maximum absolute atomic E-state index is 13.3. The van der Waals surface area contributed by atoms with Crippen molar-refractivity contribution >= 4 is 17.4 Å². The molecule has 1 atom stereocenters. The monoisotopic (exact) mass is 492 g/mol. The number of likely N-dealkylation sites (tertiary alicyclic amines) is 1. The zero-order chi connectivity index (χ0) is 26.2. The first-order valence-electron chi connectivity index (χ1n) is 13.2. The first-order valence-corrected chi connectivity index (χ1v) is 13.2. The predicted molar refractivity (Wildman–Crippen MR) is 144 cm³/mol. The molecule has 0 aromatic heterocycles. The highest BCUT2D eigenvalue weighted by Gasteiger charge is 2.46. The van der Waals surface area contributed by atoms with E-state index in [-0.39, 0.29) is 11.3 Å². The van der Waals surface area contributed by atoms with Crippen LogP contribution in [-0.2, 0) is 16.0 Å². The van der Waals surface area contributed by atoms with Crippen molar-refractivity contribution in [2.75, 3.05) is 32.8 Å². The highest BCUT2D eigenvalue weighted by Crippen LogP contribution is 2.39. The number of unbranched alkanes of at least 4 members (excludes halogenated alkanes) is 1. The average molecular weight is 493 g/mol. The van der Waals surface area contributed by atoms with Crippen LogP contribution >= 0.6 is 0 Å². The Bertz CT molecular complexity index is 1090. The van der Waals surface area contributed by atoms with Crippen molar-refractivity contribution in [3.05, 3.63) is 70.3 Å². The Morgan fingerprint density at radius 2 is 1.72 bits per heavy atom. The minimum atomic E-state index is -0.641. The van der Waals surface area contributed by atoms with E-state index in [1.54, 1.807) is 11.0 Å². The van der Waals surface area contributed by atoms with Gasteiger partial charge in [0, 0.05) is 18.7 Å². The lowest BCUT2D eigenvalue weighted by molar-refractivity contribution is -0.140. The molecule has 1 aliphatic rings. The van der Waals surface area contributed by atoms with Crippen LogP contribution in [0, 0.1) is 6.92 Å². The van der Waals surface area contributed by atoms with Crippen LogP contribution in [0.25, 0.3) is 5.76 Å². The summed E-state index contributed by atoms with van der Waals surface area (Å²) in [6.45, 7) is 13.7. The van der Waals surface area contributed by atoms with Gasteiger partial charge in [-0.1, -0.05) is 58.4 Å². The maximum Gasteiger partial charge on any atom is 0.295 e. The van der Waals surface area contributed by atoms with Gasteiger partial charge < -0.3 is 19.6 Å². The Kier molecular flexibility index (Phi) is 9.71. The highest BCUT2D eigenvalue weighted by molar-refractivity contribution is 6.46. The van der Waals surface area contributed by atoms with Gasteiger partial charge in [-0.25, -0.2) is 0 Å². The molecule has 0 radical (unpaired) electrons. The number of aliphatic hydroxyl groups excluding tert-OH is 1. The number of hydrogen-bond acceptors (Lipinski definition) is 5. The van der Waals surface area contributed by atoms with Crippen molar-refractivity contribution in [1.82, 2.24) is 9.80 Å². The number of carbonyl (C=O) groups excluding carboxylic acids is 2. The molecule has 36 heavy (non-hydrogen) atoms. The van der Waals surface area contributed by atoms with Gasteiger partial charge in [-0.15, -0.1) is 0 Å². The maximum atomic E-state index is 13.3. The quantitative estimate of drug-likeness (QED) is 0.183. The number of likely N-dealkylation sites (N-methyl/N-ethyl adjacent to an activating group) is 1. The van der Waals surface area contributed by atoms with Gasteiger partial charge in [0.2, 0.25) is 0 Å². The van der Waals surface area contributed by atoms with Crippen LogP contribution in [0.3, 0.4) is 0 Å². The average Bonchev–Trinajstić information content (AvgIpc) is 3.15. The van der Waals surface area contributed by atoms with Crippen LogP contribution in [0.4, 0.5) is 0 Å². The number of nitrogens with zero attached hydrogens (tertiary/aromatic N) is 2. The summed E-state index contributed by atoms with van der Waals surface area (Å²) in [6.07, 6.45) is 2.91. The number of aryl methyl sites for hydroxylation is 2. The van der Waals surface area contributed by atoms with E-state index in [0.29, 0.717) is 25.3 Å². The number of amides is 1. The summed E-state index contributed by atoms with van der Waals surface area (Å²) >= 11 is 0. The van der Waals surface area contributed by atoms with Crippen molar-refractivity contribution in [2.45, 2.75) is 59.9 Å². The lowest BCUT2D eigenvalue weighted by Crippen LogP contribution is -2.38. The van der Waals surface area contributed by atoms with Crippen LogP contribution in [0.15, 0.2) is 48.0 Å². The fourth-order valence-corrected chi connectivity index (χ4v) is 4.62. The molecule has 6 heteroatoms. The number of benzene rings is 2. The van der Waals surface area contributed by atoms with Gasteiger partial charge in [-0.3, -0.25) is 9.59 Å². The van der Waals surface area contributed by atoms with Gasteiger partial charge in [-0.05, 0) is 67.7 Å². The molecule has 0 spiro atoms. The molecule has 1 heterocycles. The molecule has 3 rings (SSSR count). The van der Waals surface area contributed by atoms with E-state index in [1.807, 2.05) is 43.3 Å². The van der Waals surface area contributed by atoms with Gasteiger partial charge in [0.1, 0.15) is 11.5 Å². The van der Waals surface area contributed by atoms with E-state index >= 15 is 0 Å². The fraction of sp³-hybridized carbons (Fsp3) is 0.467. The molecule has 194 valence electrons. The fourth-order valence-electron chi connectivity index (χ4n) is 4.62. The van der Waals surface area contributed by atoms with Crippen LogP contribution in [0.1, 0.15) is 68.8 Å². The Hall–Kier alpha value is -3.12. The first-order chi connectivity index (χ1) is 17.4. The molecule has 0 saturated carbocycles. The normalized spacial score (nSPS) is 17.3. The number of ether oxygens (including phenoxy) is 1. The summed E-state index contributed by atoms with van der Waals surface area (Å²) in [5.74, 6) is -0.597. The molecule has 0 unspecified atom stereocenters. The van der Waals surface area contributed by atoms with Gasteiger partial charge >= 0.3 is 0 Å². The molecule has 6 nitrogen and oxygen atoms in total. The van der Waals surface area contributed by atoms with Crippen LogP contribution in [0.2, 0.25) is 0 Å². The minimum Gasteiger partial charge on any atom is -0.507 e. The predicted octanol–water partition coefficient (Wildman–Crippen LogP) is 5.50. The van der Waals surface area contributed by atoms with Crippen molar-refractivity contribution in [1.29, 1.82) is 0 Å². The molecular weight excluding hydrogens is 452 g/mol. The Labute approximate surface area is 215 Å². The molecule has 0 aliphatic carbocycles. The number of aliphatic hydroxyl groups is 1. The number of rotatable bonds is 12. The second-order valence-corrected chi connectivity index (χ2v) is 9.30. The van der Waals surface area contributed by atoms with Gasteiger partial charge in [0.15, 0.2) is 0 Å². The summed E-state index contributed by atoms with van der Waals surface area (Å²) in [4.78, 5) is 30.3. The minimum absolute atomic E-state index is 0.142. The number of ketones is 1. The second-order valence-electron chi connectivity index (χ2n) is 9.30. The van der Waals surface area contributed by atoms with E-state index in [9.17, 15) is 14.7 Å². The lowest BCUT2D eigenvalue weighted by Gasteiger charge is -2.28. The molecule has 1 aliphatic heterocycles. The third-order valence-corrected chi connectivity index (χ3v) is 7.00. The van der Waals surface area contributed by atoms with Crippen LogP contribution in [0.5, 0.6) is 5.75 Å². The Morgan fingerprint density at radius 3 is 2.31 bits per heavy atom. The van der Waals surface area contributed by atoms with Gasteiger partial charge in [0.25, 0.3) is 11.7 Å². The Morgan fingerprint density at radius 1 is 1.03 bits per heavy atom. The number of hydrogen-bond donors (Lipinski definition) is 1. The number of carbonyl (C=O) groups is 2. The molecule has 1 fully saturated rings. The van der Waals surface area contributed by atoms with Crippen LogP contribution in [-0.4, -0.2) is 59.4 Å². The summed E-state index contributed by atoms with van der Waals surface area (Å²) in [5, 5.41) is 11.4. The lowest BCUT2D eigenvalue weighted by atomic mass is 9.94. The van der Waals surface area contributed by atoms with E-state index in [2.05, 4.69) is 32.6 Å². The summed E-state index contributed by atoms with van der Waals surface area (Å²) in [6, 6.07) is 12.7. The standard InChI is InChI=1S/C30H40N2O4/c1-6-10-19-36-25-16-15-24(20-21(25)5)28(33)26-27(23-13-11-22(7-2)12-14-23)32(30(35)29(26)34)18-17-31(8-3)9-4/h11-16,20,27,33H,6-10,17-19H2,1-5H3/b28-26+/t27-/m0/s1. The summed E-state index contributed by atoms with van der Waals surface area (Å²) in [7, 11) is 0. The SMILES string of the molecule is CCCCOc1ccc(/C(O)=C2\C(=O)C(=O)N(CCN(CC)CC)[C@H]2c2ccc(CC)cc2)cc1C. The zero-order valence-electron chi connectivity index (χ0n) is 22.3. The molecule has 2 aromatic rings. The van der Waals surface area contributed by atoms with Crippen LogP contribution < -0.4 is 4.74 Å².